The first kappa shape index (κ1) is 24.2. The van der Waals surface area contributed by atoms with E-state index in [0.29, 0.717) is 5.82 Å². The first-order valence-electron chi connectivity index (χ1n) is 11.1. The van der Waals surface area contributed by atoms with E-state index in [1.54, 1.807) is 6.20 Å². The van der Waals surface area contributed by atoms with Gasteiger partial charge in [-0.2, -0.15) is 0 Å². The zero-order chi connectivity index (χ0) is 22.6. The predicted octanol–water partition coefficient (Wildman–Crippen LogP) is 5.86. The zero-order valence-corrected chi connectivity index (χ0v) is 19.4. The Morgan fingerprint density at radius 1 is 1.26 bits per heavy atom. The average molecular weight is 422 g/mol. The third-order valence-electron chi connectivity index (χ3n) is 4.67. The number of ether oxygens (including phenoxy) is 1. The highest BCUT2D eigenvalue weighted by Crippen LogP contribution is 2.26. The van der Waals surface area contributed by atoms with E-state index < -0.39 is 0 Å². The molecule has 31 heavy (non-hydrogen) atoms. The molecule has 0 amide bonds. The van der Waals surface area contributed by atoms with E-state index in [1.165, 1.54) is 0 Å². The van der Waals surface area contributed by atoms with Gasteiger partial charge in [0.15, 0.2) is 11.5 Å². The predicted molar refractivity (Wildman–Crippen MR) is 131 cm³/mol. The second kappa shape index (κ2) is 12.5. The standard InChI is InChI=1S/C21H23N5O.2C2H6/c1-3-15(4-2)19-14-24-21-20(23-10-11-26(19)21)25-16-6-5-7-17(12-16)27-18-8-9-22-13-18;2*1-2/h3-7,10-12,14,18,22H,1,8-9,13H2,2H3,(H,23,25);2*1-2H3/b15-4+;;. The number of fused-ring (bicyclic) bond motifs is 1. The van der Waals surface area contributed by atoms with Crippen molar-refractivity contribution in [3.63, 3.8) is 0 Å². The molecule has 1 aliphatic heterocycles. The van der Waals surface area contributed by atoms with Gasteiger partial charge in [0.2, 0.25) is 0 Å². The van der Waals surface area contributed by atoms with E-state index in [0.717, 1.165) is 47.9 Å². The number of rotatable bonds is 6. The highest BCUT2D eigenvalue weighted by Gasteiger charge is 2.16. The van der Waals surface area contributed by atoms with E-state index in [1.807, 2.05) is 87.8 Å². The Labute approximate surface area is 186 Å². The summed E-state index contributed by atoms with van der Waals surface area (Å²) in [6.45, 7) is 15.8. The van der Waals surface area contributed by atoms with Gasteiger partial charge in [-0.05, 0) is 37.6 Å². The molecule has 1 unspecified atom stereocenters. The van der Waals surface area contributed by atoms with Gasteiger partial charge in [-0.1, -0.05) is 52.5 Å². The van der Waals surface area contributed by atoms with Crippen molar-refractivity contribution in [2.24, 2.45) is 0 Å². The fraction of sp³-hybridized carbons (Fsp3) is 0.360. The molecular weight excluding hydrogens is 386 g/mol. The van der Waals surface area contributed by atoms with Gasteiger partial charge < -0.3 is 15.4 Å². The maximum absolute atomic E-state index is 6.04. The quantitative estimate of drug-likeness (QED) is 0.488. The largest absolute Gasteiger partial charge is 0.489 e. The number of allylic oxidation sites excluding steroid dienone is 3. The summed E-state index contributed by atoms with van der Waals surface area (Å²) in [4.78, 5) is 9.02. The maximum Gasteiger partial charge on any atom is 0.180 e. The fourth-order valence-corrected chi connectivity index (χ4v) is 3.30. The van der Waals surface area contributed by atoms with Crippen LogP contribution in [0.25, 0.3) is 11.2 Å². The summed E-state index contributed by atoms with van der Waals surface area (Å²) in [5, 5.41) is 6.68. The Morgan fingerprint density at radius 3 is 2.74 bits per heavy atom. The first-order valence-corrected chi connectivity index (χ1v) is 11.1. The lowest BCUT2D eigenvalue weighted by atomic mass is 10.2. The van der Waals surface area contributed by atoms with Crippen LogP contribution in [0, 0.1) is 0 Å². The van der Waals surface area contributed by atoms with Crippen LogP contribution in [-0.2, 0) is 0 Å². The summed E-state index contributed by atoms with van der Waals surface area (Å²) in [6, 6.07) is 7.95. The molecule has 3 aromatic rings. The van der Waals surface area contributed by atoms with Crippen molar-refractivity contribution < 1.29 is 4.74 Å². The molecule has 3 heterocycles. The number of nitrogens with zero attached hydrogens (tertiary/aromatic N) is 3. The van der Waals surface area contributed by atoms with Gasteiger partial charge in [-0.15, -0.1) is 0 Å². The van der Waals surface area contributed by atoms with Crippen molar-refractivity contribution in [1.82, 2.24) is 19.7 Å². The first-order chi connectivity index (χ1) is 15.3. The lowest BCUT2D eigenvalue weighted by Gasteiger charge is -2.14. The second-order valence-electron chi connectivity index (χ2n) is 6.45. The number of hydrogen-bond acceptors (Lipinski definition) is 5. The minimum atomic E-state index is 0.231. The van der Waals surface area contributed by atoms with Crippen LogP contribution in [-0.4, -0.2) is 33.6 Å². The average Bonchev–Trinajstić information content (AvgIpc) is 3.49. The highest BCUT2D eigenvalue weighted by atomic mass is 16.5. The Morgan fingerprint density at radius 2 is 2.06 bits per heavy atom. The number of hydrogen-bond donors (Lipinski definition) is 2. The highest BCUT2D eigenvalue weighted by molar-refractivity contribution is 5.77. The van der Waals surface area contributed by atoms with Crippen LogP contribution in [0.3, 0.4) is 0 Å². The van der Waals surface area contributed by atoms with Gasteiger partial charge in [0, 0.05) is 30.7 Å². The number of imidazole rings is 1. The molecule has 0 radical (unpaired) electrons. The smallest absolute Gasteiger partial charge is 0.180 e. The molecule has 1 saturated heterocycles. The number of anilines is 2. The topological polar surface area (TPSA) is 63.5 Å². The van der Waals surface area contributed by atoms with Crippen LogP contribution in [0.1, 0.15) is 46.7 Å². The summed E-state index contributed by atoms with van der Waals surface area (Å²) >= 11 is 0. The molecule has 0 bridgehead atoms. The number of benzene rings is 1. The van der Waals surface area contributed by atoms with Gasteiger partial charge >= 0.3 is 0 Å². The molecule has 0 aliphatic carbocycles. The lowest BCUT2D eigenvalue weighted by molar-refractivity contribution is 0.223. The lowest BCUT2D eigenvalue weighted by Crippen LogP contribution is -2.19. The SMILES string of the molecule is C=C/C(=C\C)c1cnc2c(Nc3cccc(OC4CCNC4)c3)nccn12.CC.CC. The summed E-state index contributed by atoms with van der Waals surface area (Å²) in [5.41, 5.74) is 3.69. The van der Waals surface area contributed by atoms with Crippen LogP contribution in [0.15, 0.2) is 61.6 Å². The molecule has 0 saturated carbocycles. The van der Waals surface area contributed by atoms with Gasteiger partial charge in [0.05, 0.1) is 11.9 Å². The monoisotopic (exact) mass is 421 g/mol. The molecule has 0 spiro atoms. The third-order valence-corrected chi connectivity index (χ3v) is 4.67. The van der Waals surface area contributed by atoms with Gasteiger partial charge in [0.25, 0.3) is 0 Å². The van der Waals surface area contributed by atoms with E-state index in [9.17, 15) is 0 Å². The summed E-state index contributed by atoms with van der Waals surface area (Å²) < 4.78 is 8.05. The van der Waals surface area contributed by atoms with Crippen molar-refractivity contribution >= 4 is 22.7 Å². The minimum Gasteiger partial charge on any atom is -0.489 e. The van der Waals surface area contributed by atoms with E-state index in [-0.39, 0.29) is 6.10 Å². The molecule has 166 valence electrons. The Balaban J connectivity index is 0.000000807. The van der Waals surface area contributed by atoms with Crippen LogP contribution in [0.2, 0.25) is 0 Å². The summed E-state index contributed by atoms with van der Waals surface area (Å²) in [7, 11) is 0. The zero-order valence-electron chi connectivity index (χ0n) is 19.4. The molecule has 2 aromatic heterocycles. The van der Waals surface area contributed by atoms with E-state index >= 15 is 0 Å². The molecule has 6 nitrogen and oxygen atoms in total. The van der Waals surface area contributed by atoms with Gasteiger partial charge in [-0.3, -0.25) is 4.40 Å². The van der Waals surface area contributed by atoms with Gasteiger partial charge in [0.1, 0.15) is 11.9 Å². The molecular formula is C25H35N5O. The molecule has 1 aliphatic rings. The molecule has 1 aromatic carbocycles. The summed E-state index contributed by atoms with van der Waals surface area (Å²) in [6.07, 6.45) is 10.6. The van der Waals surface area contributed by atoms with E-state index in [2.05, 4.69) is 27.2 Å². The van der Waals surface area contributed by atoms with Crippen molar-refractivity contribution in [3.8, 4) is 5.75 Å². The summed E-state index contributed by atoms with van der Waals surface area (Å²) in [5.74, 6) is 1.55. The van der Waals surface area contributed by atoms with E-state index in [4.69, 9.17) is 4.74 Å². The normalized spacial score (nSPS) is 15.4. The van der Waals surface area contributed by atoms with Crippen LogP contribution < -0.4 is 15.4 Å². The molecule has 6 heteroatoms. The van der Waals surface area contributed by atoms with Crippen LogP contribution in [0.4, 0.5) is 11.5 Å². The maximum atomic E-state index is 6.04. The second-order valence-corrected chi connectivity index (χ2v) is 6.45. The Hall–Kier alpha value is -3.12. The Bertz CT molecular complexity index is 986. The van der Waals surface area contributed by atoms with Crippen molar-refractivity contribution in [3.05, 3.63) is 67.3 Å². The van der Waals surface area contributed by atoms with Gasteiger partial charge in [-0.25, -0.2) is 9.97 Å². The van der Waals surface area contributed by atoms with Crippen LogP contribution in [0.5, 0.6) is 5.75 Å². The molecule has 2 N–H and O–H groups in total. The molecule has 4 rings (SSSR count). The number of aromatic nitrogens is 3. The Kier molecular flexibility index (Phi) is 9.78. The fourth-order valence-electron chi connectivity index (χ4n) is 3.30. The van der Waals surface area contributed by atoms with Crippen molar-refractivity contribution in [1.29, 1.82) is 0 Å². The molecule has 1 atom stereocenters. The van der Waals surface area contributed by atoms with Crippen LogP contribution >= 0.6 is 0 Å². The van der Waals surface area contributed by atoms with Crippen molar-refractivity contribution in [2.75, 3.05) is 18.4 Å². The minimum absolute atomic E-state index is 0.231. The number of nitrogens with one attached hydrogen (secondary N) is 2. The third kappa shape index (κ3) is 5.95. The molecule has 1 fully saturated rings. The van der Waals surface area contributed by atoms with Crippen molar-refractivity contribution in [2.45, 2.75) is 47.1 Å².